The van der Waals surface area contributed by atoms with Crippen LogP contribution in [-0.4, -0.2) is 12.2 Å². The summed E-state index contributed by atoms with van der Waals surface area (Å²) in [7, 11) is 0. The highest BCUT2D eigenvalue weighted by molar-refractivity contribution is 5.68. The molecule has 0 radical (unpaired) electrons. The molecule has 1 aromatic rings. The van der Waals surface area contributed by atoms with Crippen LogP contribution in [0.5, 0.6) is 0 Å². The lowest BCUT2D eigenvalue weighted by molar-refractivity contribution is 0.113. The maximum atomic E-state index is 13.3. The Morgan fingerprint density at radius 2 is 2.00 bits per heavy atom. The van der Waals surface area contributed by atoms with E-state index in [2.05, 4.69) is 5.32 Å². The summed E-state index contributed by atoms with van der Waals surface area (Å²) in [6.07, 6.45) is -0.662. The van der Waals surface area contributed by atoms with Crippen LogP contribution in [-0.2, 0) is 4.74 Å². The molecule has 0 aromatic heterocycles. The van der Waals surface area contributed by atoms with Crippen LogP contribution in [0.25, 0.3) is 0 Å². The van der Waals surface area contributed by atoms with Gasteiger partial charge in [0.05, 0.1) is 12.1 Å². The molecule has 1 unspecified atom stereocenters. The molecule has 1 amide bonds. The third-order valence-electron chi connectivity index (χ3n) is 2.37. The Bertz CT molecular complexity index is 404. The van der Waals surface area contributed by atoms with Gasteiger partial charge in [0.15, 0.2) is 0 Å². The van der Waals surface area contributed by atoms with Gasteiger partial charge in [0.25, 0.3) is 0 Å². The SMILES string of the molecule is Cc1ccc(C(C)NC(=O)OC(C)C)cc1F. The summed E-state index contributed by atoms with van der Waals surface area (Å²) >= 11 is 0. The number of aryl methyl sites for hydroxylation is 1. The first-order valence-corrected chi connectivity index (χ1v) is 5.63. The predicted octanol–water partition coefficient (Wildman–Crippen LogP) is 3.33. The number of hydrogen-bond acceptors (Lipinski definition) is 2. The largest absolute Gasteiger partial charge is 0.447 e. The van der Waals surface area contributed by atoms with Crippen molar-refractivity contribution in [3.05, 3.63) is 35.1 Å². The van der Waals surface area contributed by atoms with Crippen molar-refractivity contribution in [2.24, 2.45) is 0 Å². The molecule has 0 aliphatic rings. The van der Waals surface area contributed by atoms with Crippen LogP contribution >= 0.6 is 0 Å². The van der Waals surface area contributed by atoms with Crippen LogP contribution in [0.4, 0.5) is 9.18 Å². The van der Waals surface area contributed by atoms with Crippen molar-refractivity contribution < 1.29 is 13.9 Å². The minimum Gasteiger partial charge on any atom is -0.447 e. The minimum atomic E-state index is -0.492. The molecule has 0 fully saturated rings. The molecule has 1 atom stereocenters. The highest BCUT2D eigenvalue weighted by Crippen LogP contribution is 2.16. The zero-order chi connectivity index (χ0) is 13.0. The van der Waals surface area contributed by atoms with Gasteiger partial charge in [-0.15, -0.1) is 0 Å². The number of benzene rings is 1. The van der Waals surface area contributed by atoms with Crippen molar-refractivity contribution in [2.45, 2.75) is 39.8 Å². The summed E-state index contributed by atoms with van der Waals surface area (Å²) in [5.41, 5.74) is 1.31. The van der Waals surface area contributed by atoms with Gasteiger partial charge in [-0.05, 0) is 44.9 Å². The van der Waals surface area contributed by atoms with Gasteiger partial charge in [-0.1, -0.05) is 12.1 Å². The molecule has 0 saturated heterocycles. The summed E-state index contributed by atoms with van der Waals surface area (Å²) in [6.45, 7) is 7.03. The zero-order valence-electron chi connectivity index (χ0n) is 10.6. The molecule has 94 valence electrons. The maximum Gasteiger partial charge on any atom is 0.407 e. The summed E-state index contributed by atoms with van der Waals surface area (Å²) < 4.78 is 18.3. The van der Waals surface area contributed by atoms with Gasteiger partial charge >= 0.3 is 6.09 Å². The normalized spacial score (nSPS) is 12.4. The summed E-state index contributed by atoms with van der Waals surface area (Å²) in [6, 6.07) is 4.63. The number of alkyl carbamates (subject to hydrolysis) is 1. The fraction of sp³-hybridized carbons (Fsp3) is 0.462. The van der Waals surface area contributed by atoms with Crippen molar-refractivity contribution in [1.29, 1.82) is 0 Å². The van der Waals surface area contributed by atoms with Gasteiger partial charge in [-0.2, -0.15) is 0 Å². The molecule has 3 nitrogen and oxygen atoms in total. The first-order chi connectivity index (χ1) is 7.90. The second-order valence-electron chi connectivity index (χ2n) is 4.33. The third kappa shape index (κ3) is 4.06. The number of nitrogens with one attached hydrogen (secondary N) is 1. The lowest BCUT2D eigenvalue weighted by atomic mass is 10.1. The lowest BCUT2D eigenvalue weighted by Gasteiger charge is -2.16. The smallest absolute Gasteiger partial charge is 0.407 e. The van der Waals surface area contributed by atoms with E-state index in [1.165, 1.54) is 6.07 Å². The van der Waals surface area contributed by atoms with E-state index >= 15 is 0 Å². The Morgan fingerprint density at radius 3 is 2.53 bits per heavy atom. The molecule has 0 spiro atoms. The minimum absolute atomic E-state index is 0.169. The molecule has 17 heavy (non-hydrogen) atoms. The Morgan fingerprint density at radius 1 is 1.35 bits per heavy atom. The van der Waals surface area contributed by atoms with E-state index in [1.54, 1.807) is 39.8 Å². The molecule has 0 saturated carbocycles. The van der Waals surface area contributed by atoms with E-state index in [0.29, 0.717) is 11.1 Å². The van der Waals surface area contributed by atoms with Gasteiger partial charge in [-0.25, -0.2) is 9.18 Å². The number of carbonyl (C=O) groups excluding carboxylic acids is 1. The number of rotatable bonds is 3. The molecular weight excluding hydrogens is 221 g/mol. The topological polar surface area (TPSA) is 38.3 Å². The quantitative estimate of drug-likeness (QED) is 0.878. The monoisotopic (exact) mass is 239 g/mol. The summed E-state index contributed by atoms with van der Waals surface area (Å²) in [5.74, 6) is -0.270. The van der Waals surface area contributed by atoms with Gasteiger partial charge in [0, 0.05) is 0 Å². The second kappa shape index (κ2) is 5.66. The molecule has 4 heteroatoms. The number of hydrogen-bond donors (Lipinski definition) is 1. The van der Waals surface area contributed by atoms with Crippen LogP contribution in [0, 0.1) is 12.7 Å². The van der Waals surface area contributed by atoms with E-state index in [9.17, 15) is 9.18 Å². The van der Waals surface area contributed by atoms with E-state index in [4.69, 9.17) is 4.74 Å². The van der Waals surface area contributed by atoms with Gasteiger partial charge in [0.2, 0.25) is 0 Å². The highest BCUT2D eigenvalue weighted by Gasteiger charge is 2.12. The first kappa shape index (κ1) is 13.5. The molecular formula is C13H18FNO2. The van der Waals surface area contributed by atoms with Crippen molar-refractivity contribution >= 4 is 6.09 Å². The lowest BCUT2D eigenvalue weighted by Crippen LogP contribution is -2.29. The van der Waals surface area contributed by atoms with Crippen molar-refractivity contribution in [1.82, 2.24) is 5.32 Å². The van der Waals surface area contributed by atoms with Crippen LogP contribution in [0.1, 0.15) is 37.9 Å². The number of halogens is 1. The van der Waals surface area contributed by atoms with Crippen LogP contribution in [0.15, 0.2) is 18.2 Å². The number of carbonyl (C=O) groups is 1. The van der Waals surface area contributed by atoms with E-state index < -0.39 is 6.09 Å². The van der Waals surface area contributed by atoms with Gasteiger partial charge < -0.3 is 10.1 Å². The Balaban J connectivity index is 2.66. The predicted molar refractivity (Wildman–Crippen MR) is 64.3 cm³/mol. The van der Waals surface area contributed by atoms with Crippen molar-refractivity contribution in [3.8, 4) is 0 Å². The number of ether oxygens (including phenoxy) is 1. The van der Waals surface area contributed by atoms with Crippen molar-refractivity contribution in [2.75, 3.05) is 0 Å². The highest BCUT2D eigenvalue weighted by atomic mass is 19.1. The summed E-state index contributed by atoms with van der Waals surface area (Å²) in [5, 5.41) is 2.65. The fourth-order valence-electron chi connectivity index (χ4n) is 1.39. The Hall–Kier alpha value is -1.58. The fourth-order valence-corrected chi connectivity index (χ4v) is 1.39. The first-order valence-electron chi connectivity index (χ1n) is 5.63. The average molecular weight is 239 g/mol. The second-order valence-corrected chi connectivity index (χ2v) is 4.33. The van der Waals surface area contributed by atoms with Gasteiger partial charge in [-0.3, -0.25) is 0 Å². The Kier molecular flexibility index (Phi) is 4.49. The maximum absolute atomic E-state index is 13.3. The molecule has 1 aromatic carbocycles. The van der Waals surface area contributed by atoms with E-state index in [1.807, 2.05) is 0 Å². The standard InChI is InChI=1S/C13H18FNO2/c1-8(2)17-13(16)15-10(4)11-6-5-9(3)12(14)7-11/h5-8,10H,1-4H3,(H,15,16). The molecule has 1 N–H and O–H groups in total. The molecule has 0 bridgehead atoms. The molecule has 0 aliphatic carbocycles. The third-order valence-corrected chi connectivity index (χ3v) is 2.37. The van der Waals surface area contributed by atoms with Crippen molar-refractivity contribution in [3.63, 3.8) is 0 Å². The summed E-state index contributed by atoms with van der Waals surface area (Å²) in [4.78, 5) is 11.4. The zero-order valence-corrected chi connectivity index (χ0v) is 10.6. The number of amides is 1. The van der Waals surface area contributed by atoms with Crippen LogP contribution in [0.3, 0.4) is 0 Å². The van der Waals surface area contributed by atoms with E-state index in [-0.39, 0.29) is 18.0 Å². The van der Waals surface area contributed by atoms with Crippen LogP contribution in [0.2, 0.25) is 0 Å². The Labute approximate surface area is 101 Å². The van der Waals surface area contributed by atoms with Gasteiger partial charge in [0.1, 0.15) is 5.82 Å². The molecule has 1 rings (SSSR count). The molecule has 0 heterocycles. The van der Waals surface area contributed by atoms with E-state index in [0.717, 1.165) is 0 Å². The molecule has 0 aliphatic heterocycles. The van der Waals surface area contributed by atoms with Crippen LogP contribution < -0.4 is 5.32 Å². The average Bonchev–Trinajstić information content (AvgIpc) is 2.20.